The number of hydrogen-bond donors (Lipinski definition) is 0. The molecule has 0 aromatic carbocycles. The van der Waals surface area contributed by atoms with E-state index in [-0.39, 0.29) is 20.9 Å². The zero-order valence-corrected chi connectivity index (χ0v) is 22.4. The Balaban J connectivity index is 2.17. The van der Waals surface area contributed by atoms with Crippen molar-refractivity contribution < 1.29 is 0 Å². The second kappa shape index (κ2) is 6.64. The van der Waals surface area contributed by atoms with Crippen molar-refractivity contribution in [3.05, 3.63) is 35.5 Å². The minimum atomic E-state index is -1.65. The van der Waals surface area contributed by atoms with Gasteiger partial charge in [0.25, 0.3) is 0 Å². The Labute approximate surface area is 182 Å². The molecule has 0 nitrogen and oxygen atoms in total. The van der Waals surface area contributed by atoms with Gasteiger partial charge in [-0.25, -0.2) is 0 Å². The van der Waals surface area contributed by atoms with E-state index in [1.165, 1.54) is 30.4 Å². The van der Waals surface area contributed by atoms with Crippen LogP contribution in [0.5, 0.6) is 0 Å². The Hall–Kier alpha value is -1.23. The fraction of sp³-hybridized carbons (Fsp3) is 0.630. The van der Waals surface area contributed by atoms with Gasteiger partial charge in [0.1, 0.15) is 16.1 Å². The lowest BCUT2D eigenvalue weighted by molar-refractivity contribution is 0.232. The molecule has 3 aliphatic rings. The van der Waals surface area contributed by atoms with E-state index in [1.807, 2.05) is 0 Å². The van der Waals surface area contributed by atoms with Gasteiger partial charge >= 0.3 is 0 Å². The van der Waals surface area contributed by atoms with E-state index in [2.05, 4.69) is 115 Å². The minimum Gasteiger partial charge on any atom is -0.126 e. The molecule has 2 heteroatoms. The van der Waals surface area contributed by atoms with Crippen molar-refractivity contribution in [2.45, 2.75) is 97.1 Å². The topological polar surface area (TPSA) is 0 Å². The van der Waals surface area contributed by atoms with E-state index >= 15 is 0 Å². The van der Waals surface area contributed by atoms with Gasteiger partial charge in [0.15, 0.2) is 0 Å². The molecule has 0 amide bonds. The number of allylic oxidation sites excluding steroid dienone is 6. The standard InChI is InChI=1S/C27H40Si2/c1-24(2,3)28(7,8)20-14-22-23(15-21-29(9,10)25(4,5)6)27-17-12-11-16-26(22,27)18-13-19-27/h11-12,16-17H,13,18-19H2,1-10H3. The molecule has 3 aliphatic carbocycles. The molecule has 0 radical (unpaired) electrons. The number of hydrogen-bond acceptors (Lipinski definition) is 0. The Morgan fingerprint density at radius 1 is 0.690 bits per heavy atom. The lowest BCUT2D eigenvalue weighted by Crippen LogP contribution is -2.48. The molecule has 0 aromatic heterocycles. The van der Waals surface area contributed by atoms with E-state index < -0.39 is 16.1 Å². The monoisotopic (exact) mass is 420 g/mol. The average molecular weight is 421 g/mol. The van der Waals surface area contributed by atoms with Crippen LogP contribution >= 0.6 is 0 Å². The third-order valence-electron chi connectivity index (χ3n) is 8.70. The van der Waals surface area contributed by atoms with Gasteiger partial charge in [-0.3, -0.25) is 0 Å². The Bertz CT molecular complexity index is 843. The van der Waals surface area contributed by atoms with Gasteiger partial charge in [0.2, 0.25) is 0 Å². The highest BCUT2D eigenvalue weighted by Gasteiger charge is 2.64. The summed E-state index contributed by atoms with van der Waals surface area (Å²) in [7, 11) is -3.30. The summed E-state index contributed by atoms with van der Waals surface area (Å²) in [6, 6.07) is 0. The first kappa shape index (κ1) is 22.5. The molecule has 156 valence electrons. The van der Waals surface area contributed by atoms with Crippen LogP contribution in [0.3, 0.4) is 0 Å². The summed E-state index contributed by atoms with van der Waals surface area (Å²) in [5, 5.41) is 0.564. The third-order valence-corrected chi connectivity index (χ3v) is 17.7. The maximum atomic E-state index is 3.81. The minimum absolute atomic E-state index is 0.120. The van der Waals surface area contributed by atoms with Gasteiger partial charge in [-0.15, -0.1) is 11.1 Å². The summed E-state index contributed by atoms with van der Waals surface area (Å²) in [5.41, 5.74) is 10.6. The van der Waals surface area contributed by atoms with Crippen molar-refractivity contribution in [3.8, 4) is 22.9 Å². The number of rotatable bonds is 0. The van der Waals surface area contributed by atoms with Crippen molar-refractivity contribution >= 4 is 16.1 Å². The van der Waals surface area contributed by atoms with Crippen molar-refractivity contribution in [1.82, 2.24) is 0 Å². The summed E-state index contributed by atoms with van der Waals surface area (Å²) in [4.78, 5) is 0. The van der Waals surface area contributed by atoms with Crippen molar-refractivity contribution in [3.63, 3.8) is 0 Å². The molecule has 0 bridgehead atoms. The molecule has 1 fully saturated rings. The Morgan fingerprint density at radius 3 is 1.34 bits per heavy atom. The largest absolute Gasteiger partial charge is 0.138 e. The van der Waals surface area contributed by atoms with Crippen molar-refractivity contribution in [1.29, 1.82) is 0 Å². The van der Waals surface area contributed by atoms with E-state index in [1.54, 1.807) is 0 Å². The van der Waals surface area contributed by atoms with Gasteiger partial charge in [0, 0.05) is 22.0 Å². The van der Waals surface area contributed by atoms with Crippen LogP contribution in [0.4, 0.5) is 0 Å². The molecule has 29 heavy (non-hydrogen) atoms. The zero-order valence-electron chi connectivity index (χ0n) is 20.4. The molecule has 2 unspecified atom stereocenters. The van der Waals surface area contributed by atoms with Crippen molar-refractivity contribution in [2.24, 2.45) is 10.8 Å². The van der Waals surface area contributed by atoms with Crippen LogP contribution in [0.25, 0.3) is 0 Å². The lowest BCUT2D eigenvalue weighted by Gasteiger charge is -2.54. The summed E-state index contributed by atoms with van der Waals surface area (Å²) < 4.78 is 0. The summed E-state index contributed by atoms with van der Waals surface area (Å²) in [5.74, 6) is 7.53. The van der Waals surface area contributed by atoms with Crippen molar-refractivity contribution in [2.75, 3.05) is 0 Å². The van der Waals surface area contributed by atoms with E-state index in [0.717, 1.165) is 0 Å². The molecule has 0 aliphatic heterocycles. The highest BCUT2D eigenvalue weighted by molar-refractivity contribution is 6.88. The first-order valence-corrected chi connectivity index (χ1v) is 17.3. The van der Waals surface area contributed by atoms with E-state index in [4.69, 9.17) is 0 Å². The van der Waals surface area contributed by atoms with Crippen LogP contribution in [0.1, 0.15) is 60.8 Å². The van der Waals surface area contributed by atoms with Gasteiger partial charge < -0.3 is 0 Å². The maximum absolute atomic E-state index is 3.81. The zero-order chi connectivity index (χ0) is 21.9. The highest BCUT2D eigenvalue weighted by atomic mass is 28.3. The van der Waals surface area contributed by atoms with Gasteiger partial charge in [0.05, 0.1) is 0 Å². The van der Waals surface area contributed by atoms with Gasteiger partial charge in [-0.1, -0.05) is 110 Å². The molecule has 0 saturated heterocycles. The molecule has 0 spiro atoms. The molecule has 0 N–H and O–H groups in total. The summed E-state index contributed by atoms with van der Waals surface area (Å²) >= 11 is 0. The molecule has 2 atom stereocenters. The predicted molar refractivity (Wildman–Crippen MR) is 134 cm³/mol. The first-order chi connectivity index (χ1) is 13.1. The third kappa shape index (κ3) is 3.28. The SMILES string of the molecule is CC(C)(C)[Si](C)(C)C#CC1=C(C#C[Si](C)(C)C(C)(C)C)C23C=CC=CC12CCC3. The molecule has 0 aromatic rings. The van der Waals surface area contributed by atoms with Crippen LogP contribution in [0.2, 0.25) is 36.3 Å². The van der Waals surface area contributed by atoms with Crippen LogP contribution < -0.4 is 0 Å². The fourth-order valence-electron chi connectivity index (χ4n) is 4.40. The Kier molecular flexibility index (Phi) is 5.14. The summed E-state index contributed by atoms with van der Waals surface area (Å²) in [6.45, 7) is 23.8. The van der Waals surface area contributed by atoms with E-state index in [9.17, 15) is 0 Å². The van der Waals surface area contributed by atoms with Gasteiger partial charge in [-0.05, 0) is 22.9 Å². The molecule has 1 saturated carbocycles. The van der Waals surface area contributed by atoms with Crippen LogP contribution in [-0.4, -0.2) is 16.1 Å². The summed E-state index contributed by atoms with van der Waals surface area (Å²) in [6.07, 6.45) is 13.1. The molecule has 0 heterocycles. The smallest absolute Gasteiger partial charge is 0.126 e. The van der Waals surface area contributed by atoms with Crippen LogP contribution in [0, 0.1) is 33.8 Å². The van der Waals surface area contributed by atoms with E-state index in [0.29, 0.717) is 0 Å². The quantitative estimate of drug-likeness (QED) is 0.278. The molecular weight excluding hydrogens is 380 g/mol. The maximum Gasteiger partial charge on any atom is 0.138 e. The second-order valence-corrected chi connectivity index (χ2v) is 22.5. The van der Waals surface area contributed by atoms with Gasteiger partial charge in [-0.2, -0.15) is 0 Å². The molecule has 3 rings (SSSR count). The van der Waals surface area contributed by atoms with Crippen LogP contribution in [-0.2, 0) is 0 Å². The second-order valence-electron chi connectivity index (χ2n) is 12.5. The average Bonchev–Trinajstić information content (AvgIpc) is 2.90. The predicted octanol–water partition coefficient (Wildman–Crippen LogP) is 7.68. The Morgan fingerprint density at radius 2 is 1.03 bits per heavy atom. The lowest BCUT2D eigenvalue weighted by atomic mass is 9.47. The highest BCUT2D eigenvalue weighted by Crippen LogP contribution is 2.71. The normalized spacial score (nSPS) is 28.6. The molecular formula is C27H40Si2. The first-order valence-electron chi connectivity index (χ1n) is 11.3. The fourth-order valence-corrected chi connectivity index (χ4v) is 6.03. The van der Waals surface area contributed by atoms with Crippen LogP contribution in [0.15, 0.2) is 35.5 Å².